The largest absolute Gasteiger partial charge is 0.261 e. The Morgan fingerprint density at radius 3 is 2.00 bits per heavy atom. The first-order valence-electron chi connectivity index (χ1n) is 6.53. The van der Waals surface area contributed by atoms with Gasteiger partial charge >= 0.3 is 0 Å². The Labute approximate surface area is 129 Å². The number of nitrogens with two attached hydrogens (primary N) is 1. The Morgan fingerprint density at radius 1 is 1.10 bits per heavy atom. The van der Waals surface area contributed by atoms with Crippen LogP contribution in [-0.4, -0.2) is 27.1 Å². The lowest BCUT2D eigenvalue weighted by Gasteiger charge is -2.32. The number of nitrogens with zero attached hydrogens (tertiary/aromatic N) is 1. The van der Waals surface area contributed by atoms with Gasteiger partial charge in [-0.15, -0.1) is 0 Å². The van der Waals surface area contributed by atoms with Crippen molar-refractivity contribution in [1.82, 2.24) is 0 Å². The van der Waals surface area contributed by atoms with Crippen LogP contribution >= 0.6 is 0 Å². The lowest BCUT2D eigenvalue weighted by molar-refractivity contribution is 0.601. The van der Waals surface area contributed by atoms with Gasteiger partial charge in [-0.25, -0.2) is 17.8 Å². The fraction of sp³-hybridized carbons (Fsp3) is 0.538. The summed E-state index contributed by atoms with van der Waals surface area (Å²) in [6.45, 7) is 10.1. The molecule has 0 heterocycles. The van der Waals surface area contributed by atoms with Gasteiger partial charge in [-0.05, 0) is 36.3 Å². The van der Waals surface area contributed by atoms with Crippen molar-refractivity contribution < 1.29 is 12.6 Å². The Hall–Kier alpha value is -0.703. The van der Waals surface area contributed by atoms with Gasteiger partial charge in [-0.1, -0.05) is 26.8 Å². The Morgan fingerprint density at radius 2 is 1.57 bits per heavy atom. The van der Waals surface area contributed by atoms with E-state index in [0.717, 1.165) is 6.26 Å². The van der Waals surface area contributed by atoms with Gasteiger partial charge in [0.25, 0.3) is 0 Å². The first-order valence-corrected chi connectivity index (χ1v) is 12.9. The van der Waals surface area contributed by atoms with Crippen LogP contribution in [0.4, 0.5) is 0 Å². The molecule has 0 aliphatic carbocycles. The molecule has 0 fully saturated rings. The van der Waals surface area contributed by atoms with E-state index in [4.69, 9.17) is 5.14 Å². The van der Waals surface area contributed by atoms with E-state index < -0.39 is 28.0 Å². The smallest absolute Gasteiger partial charge is 0.195 e. The first-order chi connectivity index (χ1) is 9.17. The minimum atomic E-state index is -3.37. The summed E-state index contributed by atoms with van der Waals surface area (Å²) < 4.78 is 40.4. The summed E-state index contributed by atoms with van der Waals surface area (Å²) in [7, 11) is -8.69. The third-order valence-electron chi connectivity index (χ3n) is 3.77. The zero-order valence-electron chi connectivity index (χ0n) is 13.4. The molecule has 2 N–H and O–H groups in total. The van der Waals surface area contributed by atoms with E-state index >= 15 is 0 Å². The number of hydrogen-bond acceptors (Lipinski definition) is 4. The average Bonchev–Trinajstić information content (AvgIpc) is 2.25. The molecule has 0 bridgehead atoms. The highest BCUT2D eigenvalue weighted by atomic mass is 32.2. The quantitative estimate of drug-likeness (QED) is 0.852. The maximum absolute atomic E-state index is 12.8. The maximum atomic E-state index is 12.8. The van der Waals surface area contributed by atoms with Gasteiger partial charge < -0.3 is 0 Å². The Kier molecular flexibility index (Phi) is 4.80. The van der Waals surface area contributed by atoms with Crippen LogP contribution in [0.5, 0.6) is 0 Å². The van der Waals surface area contributed by atoms with Crippen LogP contribution in [0.3, 0.4) is 0 Å². The van der Waals surface area contributed by atoms with Gasteiger partial charge in [0.05, 0.1) is 9.79 Å². The fourth-order valence-corrected chi connectivity index (χ4v) is 6.96. The summed E-state index contributed by atoms with van der Waals surface area (Å²) in [4.78, 5) is 0.360. The highest BCUT2D eigenvalue weighted by molar-refractivity contribution is 7.92. The van der Waals surface area contributed by atoms with Crippen molar-refractivity contribution in [2.75, 3.05) is 6.26 Å². The molecular weight excluding hydrogens is 324 g/mol. The van der Waals surface area contributed by atoms with Crippen LogP contribution in [0.25, 0.3) is 0 Å². The molecule has 1 rings (SSSR count). The van der Waals surface area contributed by atoms with Crippen molar-refractivity contribution in [2.45, 2.75) is 48.7 Å². The second kappa shape index (κ2) is 5.49. The van der Waals surface area contributed by atoms with Gasteiger partial charge in [0.2, 0.25) is 0 Å². The molecule has 5 nitrogen and oxygen atoms in total. The summed E-state index contributed by atoms with van der Waals surface area (Å²) in [5.74, 6) is 0. The van der Waals surface area contributed by atoms with Crippen molar-refractivity contribution >= 4 is 28.0 Å². The van der Waals surface area contributed by atoms with Crippen molar-refractivity contribution in [2.24, 2.45) is 9.17 Å². The predicted molar refractivity (Wildman–Crippen MR) is 89.8 cm³/mol. The molecule has 0 saturated carbocycles. The van der Waals surface area contributed by atoms with Crippen LogP contribution < -0.4 is 5.14 Å². The van der Waals surface area contributed by atoms with Gasteiger partial charge in [0, 0.05) is 6.26 Å². The second-order valence-electron chi connectivity index (χ2n) is 6.72. The Bertz CT molecular complexity index is 756. The molecular formula is C13H24N2O3S2Si. The molecule has 0 saturated heterocycles. The summed E-state index contributed by atoms with van der Waals surface area (Å²) in [5.41, 5.74) is 0. The van der Waals surface area contributed by atoms with E-state index in [0.29, 0.717) is 0 Å². The van der Waals surface area contributed by atoms with Crippen molar-refractivity contribution in [1.29, 1.82) is 0 Å². The van der Waals surface area contributed by atoms with Crippen LogP contribution in [0.15, 0.2) is 38.1 Å². The van der Waals surface area contributed by atoms with Crippen molar-refractivity contribution in [3.63, 3.8) is 0 Å². The average molecular weight is 349 g/mol. The summed E-state index contributed by atoms with van der Waals surface area (Å²) in [6.07, 6.45) is 1.11. The molecule has 0 aromatic heterocycles. The third kappa shape index (κ3) is 4.38. The molecule has 1 aromatic rings. The third-order valence-corrected chi connectivity index (χ3v) is 12.4. The molecule has 0 radical (unpaired) electrons. The van der Waals surface area contributed by atoms with Crippen molar-refractivity contribution in [3.8, 4) is 0 Å². The van der Waals surface area contributed by atoms with Gasteiger partial charge in [-0.3, -0.25) is 4.03 Å². The second-order valence-corrected chi connectivity index (χ2v) is 15.7. The predicted octanol–water partition coefficient (Wildman–Crippen LogP) is 2.80. The SMILES string of the molecule is CC(C)(C)[Si](C)(C)N=S(N)(=O)c1cccc(S(C)(=O)=O)c1. The number of hydrogen-bond donors (Lipinski definition) is 1. The number of rotatable bonds is 3. The molecule has 0 spiro atoms. The summed E-state index contributed by atoms with van der Waals surface area (Å²) >= 11 is 0. The zero-order chi connectivity index (χ0) is 16.7. The van der Waals surface area contributed by atoms with Gasteiger partial charge in [0.1, 0.15) is 9.92 Å². The van der Waals surface area contributed by atoms with Crippen LogP contribution in [0.2, 0.25) is 18.1 Å². The minimum absolute atomic E-state index is 0.0938. The van der Waals surface area contributed by atoms with Crippen LogP contribution in [0, 0.1) is 0 Å². The number of benzene rings is 1. The monoisotopic (exact) mass is 348 g/mol. The van der Waals surface area contributed by atoms with E-state index in [1.54, 1.807) is 12.1 Å². The standard InChI is InChI=1S/C13H24N2O3S2Si/c1-13(2,3)21(5,6)15-20(14,18)12-9-7-8-11(10-12)19(4,16)17/h7-10H,1-6H3,(H2,14,15,18). The molecule has 0 aliphatic rings. The van der Waals surface area contributed by atoms with E-state index in [1.165, 1.54) is 12.1 Å². The fourth-order valence-electron chi connectivity index (χ4n) is 1.42. The van der Waals surface area contributed by atoms with Gasteiger partial charge in [0.15, 0.2) is 18.1 Å². The molecule has 0 amide bonds. The minimum Gasteiger partial charge on any atom is -0.261 e. The highest BCUT2D eigenvalue weighted by Gasteiger charge is 2.37. The molecule has 21 heavy (non-hydrogen) atoms. The molecule has 8 heteroatoms. The maximum Gasteiger partial charge on any atom is 0.195 e. The Balaban J connectivity index is 3.49. The molecule has 1 atom stereocenters. The van der Waals surface area contributed by atoms with E-state index in [9.17, 15) is 12.6 Å². The lowest BCUT2D eigenvalue weighted by atomic mass is 10.2. The summed E-state index contributed by atoms with van der Waals surface area (Å²) in [5, 5.41) is 5.84. The topological polar surface area (TPSA) is 89.6 Å². The molecule has 0 aliphatic heterocycles. The number of sulfone groups is 1. The normalized spacial score (nSPS) is 16.3. The van der Waals surface area contributed by atoms with E-state index in [-0.39, 0.29) is 14.8 Å². The van der Waals surface area contributed by atoms with Crippen molar-refractivity contribution in [3.05, 3.63) is 24.3 Å². The van der Waals surface area contributed by atoms with Gasteiger partial charge in [-0.2, -0.15) is 0 Å². The zero-order valence-corrected chi connectivity index (χ0v) is 16.0. The van der Waals surface area contributed by atoms with Crippen LogP contribution in [-0.2, 0) is 19.8 Å². The van der Waals surface area contributed by atoms with E-state index in [2.05, 4.69) is 4.03 Å². The van der Waals surface area contributed by atoms with E-state index in [1.807, 2.05) is 33.9 Å². The molecule has 1 unspecified atom stereocenters. The van der Waals surface area contributed by atoms with Crippen LogP contribution in [0.1, 0.15) is 20.8 Å². The first kappa shape index (κ1) is 18.3. The molecule has 120 valence electrons. The lowest BCUT2D eigenvalue weighted by Crippen LogP contribution is -2.37. The molecule has 1 aromatic carbocycles. The summed E-state index contributed by atoms with van der Waals surface area (Å²) in [6, 6.07) is 5.92. The highest BCUT2D eigenvalue weighted by Crippen LogP contribution is 2.37.